The summed E-state index contributed by atoms with van der Waals surface area (Å²) in [5.74, 6) is -0.189. The molecule has 92 heavy (non-hydrogen) atoms. The van der Waals surface area contributed by atoms with Crippen LogP contribution in [-0.4, -0.2) is 100 Å². The Labute approximate surface area is 566 Å². The van der Waals surface area contributed by atoms with Gasteiger partial charge in [0.1, 0.15) is 24.4 Å². The molecular formula is C81H147NO10. The van der Waals surface area contributed by atoms with Crippen molar-refractivity contribution in [3.63, 3.8) is 0 Å². The smallest absolute Gasteiger partial charge is 0.305 e. The van der Waals surface area contributed by atoms with Crippen LogP contribution in [0, 0.1) is 0 Å². The molecule has 0 aromatic rings. The maximum atomic E-state index is 13.0. The maximum absolute atomic E-state index is 13.0. The Balaban J connectivity index is 1.87. The summed E-state index contributed by atoms with van der Waals surface area (Å²) in [6.07, 6.45) is 85.5. The topological polar surface area (TPSA) is 175 Å². The molecule has 1 rings (SSSR count). The van der Waals surface area contributed by atoms with E-state index in [0.717, 1.165) is 70.6 Å². The Bertz CT molecular complexity index is 1760. The van der Waals surface area contributed by atoms with Crippen molar-refractivity contribution in [3.8, 4) is 0 Å². The van der Waals surface area contributed by atoms with Gasteiger partial charge in [0.15, 0.2) is 6.29 Å². The first-order valence-electron chi connectivity index (χ1n) is 39.2. The van der Waals surface area contributed by atoms with Gasteiger partial charge in [0.2, 0.25) is 5.91 Å². The van der Waals surface area contributed by atoms with E-state index in [1.807, 2.05) is 19.1 Å². The fraction of sp³-hybridized carbons (Fsp3) is 0.827. The zero-order valence-corrected chi connectivity index (χ0v) is 59.8. The number of aliphatic hydroxyl groups is 5. The predicted molar refractivity (Wildman–Crippen MR) is 389 cm³/mol. The number of hydrogen-bond acceptors (Lipinski definition) is 10. The minimum Gasteiger partial charge on any atom is -0.466 e. The molecular weight excluding hydrogens is 1150 g/mol. The van der Waals surface area contributed by atoms with Gasteiger partial charge in [-0.1, -0.05) is 317 Å². The molecule has 1 heterocycles. The highest BCUT2D eigenvalue weighted by Crippen LogP contribution is 2.23. The number of carbonyl (C=O) groups excluding carboxylic acids is 2. The number of rotatable bonds is 69. The highest BCUT2D eigenvalue weighted by atomic mass is 16.7. The average molecular weight is 1300 g/mol. The molecule has 1 aliphatic heterocycles. The molecule has 6 N–H and O–H groups in total. The lowest BCUT2D eigenvalue weighted by atomic mass is 9.99. The van der Waals surface area contributed by atoms with Crippen LogP contribution >= 0.6 is 0 Å². The van der Waals surface area contributed by atoms with E-state index in [1.165, 1.54) is 270 Å². The van der Waals surface area contributed by atoms with Crippen LogP contribution in [0.3, 0.4) is 0 Å². The van der Waals surface area contributed by atoms with E-state index in [9.17, 15) is 35.1 Å². The summed E-state index contributed by atoms with van der Waals surface area (Å²) >= 11 is 0. The summed E-state index contributed by atoms with van der Waals surface area (Å²) < 4.78 is 16.7. The number of aliphatic hydroxyl groups excluding tert-OH is 5. The molecule has 0 aromatic carbocycles. The molecule has 0 aromatic heterocycles. The van der Waals surface area contributed by atoms with Crippen molar-refractivity contribution in [1.82, 2.24) is 5.32 Å². The molecule has 0 saturated carbocycles. The van der Waals surface area contributed by atoms with Gasteiger partial charge in [-0.2, -0.15) is 0 Å². The van der Waals surface area contributed by atoms with E-state index in [4.69, 9.17) is 14.2 Å². The normalized spacial score (nSPS) is 17.9. The van der Waals surface area contributed by atoms with Gasteiger partial charge in [-0.15, -0.1) is 0 Å². The molecule has 1 saturated heterocycles. The Morgan fingerprint density at radius 2 is 0.783 bits per heavy atom. The minimum absolute atomic E-state index is 0.00688. The lowest BCUT2D eigenvalue weighted by Gasteiger charge is -2.40. The summed E-state index contributed by atoms with van der Waals surface area (Å²) in [6.45, 7) is 4.12. The van der Waals surface area contributed by atoms with Crippen LogP contribution in [0.2, 0.25) is 0 Å². The van der Waals surface area contributed by atoms with Crippen LogP contribution in [0.5, 0.6) is 0 Å². The van der Waals surface area contributed by atoms with Crippen LogP contribution in [0.25, 0.3) is 0 Å². The molecule has 7 atom stereocenters. The summed E-state index contributed by atoms with van der Waals surface area (Å²) in [5, 5.41) is 54.3. The van der Waals surface area contributed by atoms with Crippen LogP contribution < -0.4 is 5.32 Å². The molecule has 11 heteroatoms. The highest BCUT2D eigenvalue weighted by molar-refractivity contribution is 5.76. The van der Waals surface area contributed by atoms with Crippen molar-refractivity contribution in [1.29, 1.82) is 0 Å². The van der Waals surface area contributed by atoms with Gasteiger partial charge in [-0.05, 0) is 110 Å². The summed E-state index contributed by atoms with van der Waals surface area (Å²) in [5.41, 5.74) is 0. The van der Waals surface area contributed by atoms with E-state index in [1.54, 1.807) is 6.08 Å². The van der Waals surface area contributed by atoms with Crippen molar-refractivity contribution < 1.29 is 49.3 Å². The lowest BCUT2D eigenvalue weighted by molar-refractivity contribution is -0.302. The van der Waals surface area contributed by atoms with Crippen LogP contribution in [0.4, 0.5) is 0 Å². The Kier molecular flexibility index (Phi) is 65.8. The molecule has 536 valence electrons. The number of carbonyl (C=O) groups is 2. The van der Waals surface area contributed by atoms with Crippen LogP contribution in [0.1, 0.15) is 367 Å². The van der Waals surface area contributed by atoms with Crippen molar-refractivity contribution >= 4 is 11.9 Å². The second-order valence-electron chi connectivity index (χ2n) is 27.0. The number of unbranched alkanes of at least 4 members (excludes halogenated alkanes) is 46. The summed E-state index contributed by atoms with van der Waals surface area (Å²) in [6, 6.07) is -0.832. The third kappa shape index (κ3) is 57.4. The zero-order chi connectivity index (χ0) is 66.5. The Hall–Kier alpha value is -2.90. The molecule has 0 aliphatic carbocycles. The van der Waals surface area contributed by atoms with E-state index in [0.29, 0.717) is 19.4 Å². The number of hydrogen-bond donors (Lipinski definition) is 6. The lowest BCUT2D eigenvalue weighted by Crippen LogP contribution is -2.60. The molecule has 0 radical (unpaired) electrons. The molecule has 0 spiro atoms. The number of allylic oxidation sites excluding steroid dienone is 11. The average Bonchev–Trinajstić information content (AvgIpc) is 0.924. The third-order valence-corrected chi connectivity index (χ3v) is 18.3. The molecule has 11 nitrogen and oxygen atoms in total. The van der Waals surface area contributed by atoms with Crippen molar-refractivity contribution in [3.05, 3.63) is 72.9 Å². The van der Waals surface area contributed by atoms with E-state index in [2.05, 4.69) is 66.9 Å². The van der Waals surface area contributed by atoms with Crippen molar-refractivity contribution in [2.24, 2.45) is 0 Å². The standard InChI is InChI=1S/C81H147NO10/c1-3-5-7-9-11-13-14-15-16-43-46-49-53-57-61-65-69-77(86)90-70-66-62-58-54-50-47-44-41-39-37-35-33-31-29-27-25-23-21-19-17-18-20-22-24-26-28-30-32-34-36-38-40-42-45-48-52-56-60-64-68-76(85)82-73(74(84)67-63-59-55-51-12-10-8-6-4-2)72-91-81-80(89)79(88)78(87)75(71-83)92-81/h4,6,12,16-18,21,23,43,51,63,67,73-75,78-81,83-84,87-89H,3,5,7-11,13-15,19-20,22,24-42,44-50,52-62,64-66,68-72H2,1-2H3,(H,82,85)/b6-4+,18-17-,23-21-,43-16-,51-12+,67-63+. The summed E-state index contributed by atoms with van der Waals surface area (Å²) in [7, 11) is 0. The fourth-order valence-corrected chi connectivity index (χ4v) is 12.2. The van der Waals surface area contributed by atoms with E-state index < -0.39 is 49.5 Å². The van der Waals surface area contributed by atoms with Crippen molar-refractivity contribution in [2.45, 2.75) is 410 Å². The molecule has 1 aliphatic rings. The largest absolute Gasteiger partial charge is 0.466 e. The summed E-state index contributed by atoms with van der Waals surface area (Å²) in [4.78, 5) is 25.1. The van der Waals surface area contributed by atoms with Gasteiger partial charge < -0.3 is 45.1 Å². The maximum Gasteiger partial charge on any atom is 0.305 e. The van der Waals surface area contributed by atoms with Gasteiger partial charge in [-0.3, -0.25) is 9.59 Å². The zero-order valence-electron chi connectivity index (χ0n) is 59.8. The molecule has 7 unspecified atom stereocenters. The number of ether oxygens (including phenoxy) is 3. The Morgan fingerprint density at radius 1 is 0.424 bits per heavy atom. The fourth-order valence-electron chi connectivity index (χ4n) is 12.2. The first kappa shape index (κ1) is 87.1. The van der Waals surface area contributed by atoms with Crippen LogP contribution in [-0.2, 0) is 23.8 Å². The first-order chi connectivity index (χ1) is 45.2. The van der Waals surface area contributed by atoms with Crippen LogP contribution in [0.15, 0.2) is 72.9 Å². The second kappa shape index (κ2) is 69.5. The third-order valence-electron chi connectivity index (χ3n) is 18.3. The van der Waals surface area contributed by atoms with Gasteiger partial charge in [-0.25, -0.2) is 0 Å². The van der Waals surface area contributed by atoms with Gasteiger partial charge in [0, 0.05) is 12.8 Å². The SMILES string of the molecule is C/C=C/CC/C=C/CC/C=C/C(O)C(COC1OC(CO)C(O)C(O)C1O)NC(=O)CCCCCCCCCCCCCCCCCCC/C=C\C/C=C\CCCCCCCCCCCCCCCCCOC(=O)CCCCCCC/C=C\CCCCCCCCC. The monoisotopic (exact) mass is 1290 g/mol. The minimum atomic E-state index is -1.58. The number of amides is 1. The number of nitrogens with one attached hydrogen (secondary N) is 1. The van der Waals surface area contributed by atoms with Gasteiger partial charge in [0.05, 0.1) is 32.0 Å². The molecule has 1 fully saturated rings. The van der Waals surface area contributed by atoms with Gasteiger partial charge in [0.25, 0.3) is 0 Å². The number of esters is 1. The quantitative estimate of drug-likeness (QED) is 0.0195. The van der Waals surface area contributed by atoms with E-state index >= 15 is 0 Å². The molecule has 0 bridgehead atoms. The Morgan fingerprint density at radius 3 is 1.21 bits per heavy atom. The van der Waals surface area contributed by atoms with Gasteiger partial charge >= 0.3 is 5.97 Å². The van der Waals surface area contributed by atoms with E-state index in [-0.39, 0.29) is 18.5 Å². The molecule has 1 amide bonds. The second-order valence-corrected chi connectivity index (χ2v) is 27.0. The van der Waals surface area contributed by atoms with Crippen molar-refractivity contribution in [2.75, 3.05) is 19.8 Å². The predicted octanol–water partition coefficient (Wildman–Crippen LogP) is 21.0. The highest BCUT2D eigenvalue weighted by Gasteiger charge is 2.44. The first-order valence-corrected chi connectivity index (χ1v) is 39.2.